The molecule has 2 heterocycles. The van der Waals surface area contributed by atoms with Gasteiger partial charge < -0.3 is 4.74 Å². The first-order chi connectivity index (χ1) is 18.0. The second kappa shape index (κ2) is 9.91. The molecule has 0 unspecified atom stereocenters. The van der Waals surface area contributed by atoms with Crippen LogP contribution in [0.5, 0.6) is 5.75 Å². The molecule has 182 valence electrons. The normalized spacial score (nSPS) is 14.8. The maximum absolute atomic E-state index is 12.1. The standard InChI is InChI=1S/C30H22N2O5/c1-2-19-37-25-13-7-22(8-14-25)30(20-3-9-23(10-4-20)31-26(33)15-16-27(31)34)21-5-11-24(12-6-21)32-28(35)17-18-29(32)36/h2-18,30H,1,19H2. The Labute approximate surface area is 213 Å². The molecule has 2 aliphatic heterocycles. The molecule has 4 amide bonds. The van der Waals surface area contributed by atoms with Gasteiger partial charge in [0.2, 0.25) is 0 Å². The van der Waals surface area contributed by atoms with E-state index in [4.69, 9.17) is 4.74 Å². The van der Waals surface area contributed by atoms with Crippen LogP contribution < -0.4 is 14.5 Å². The van der Waals surface area contributed by atoms with E-state index in [0.29, 0.717) is 23.7 Å². The highest BCUT2D eigenvalue weighted by molar-refractivity contribution is 6.28. The number of carbonyl (C=O) groups is 4. The highest BCUT2D eigenvalue weighted by Gasteiger charge is 2.27. The van der Waals surface area contributed by atoms with Gasteiger partial charge in [-0.1, -0.05) is 49.1 Å². The molecule has 0 fully saturated rings. The van der Waals surface area contributed by atoms with Crippen molar-refractivity contribution in [1.82, 2.24) is 0 Å². The van der Waals surface area contributed by atoms with E-state index >= 15 is 0 Å². The Balaban J connectivity index is 1.50. The summed E-state index contributed by atoms with van der Waals surface area (Å²) >= 11 is 0. The molecule has 0 bridgehead atoms. The summed E-state index contributed by atoms with van der Waals surface area (Å²) in [7, 11) is 0. The summed E-state index contributed by atoms with van der Waals surface area (Å²) in [4.78, 5) is 50.6. The number of anilines is 2. The molecule has 5 rings (SSSR count). The number of nitrogens with zero attached hydrogens (tertiary/aromatic N) is 2. The third kappa shape index (κ3) is 4.62. The molecule has 0 aromatic heterocycles. The van der Waals surface area contributed by atoms with Gasteiger partial charge in [0.25, 0.3) is 23.6 Å². The fourth-order valence-corrected chi connectivity index (χ4v) is 4.43. The summed E-state index contributed by atoms with van der Waals surface area (Å²) in [6.07, 6.45) is 6.68. The van der Waals surface area contributed by atoms with Crippen molar-refractivity contribution in [3.05, 3.63) is 126 Å². The average molecular weight is 491 g/mol. The number of benzene rings is 3. The van der Waals surface area contributed by atoms with Crippen LogP contribution in [-0.4, -0.2) is 30.2 Å². The van der Waals surface area contributed by atoms with E-state index in [0.717, 1.165) is 26.5 Å². The van der Waals surface area contributed by atoms with Crippen molar-refractivity contribution in [3.63, 3.8) is 0 Å². The summed E-state index contributed by atoms with van der Waals surface area (Å²) in [6.45, 7) is 4.07. The van der Waals surface area contributed by atoms with Crippen LogP contribution in [0.3, 0.4) is 0 Å². The molecule has 37 heavy (non-hydrogen) atoms. The third-order valence-corrected chi connectivity index (χ3v) is 6.17. The maximum atomic E-state index is 12.1. The Kier molecular flexibility index (Phi) is 6.34. The maximum Gasteiger partial charge on any atom is 0.258 e. The van der Waals surface area contributed by atoms with E-state index in [-0.39, 0.29) is 29.5 Å². The second-order valence-corrected chi connectivity index (χ2v) is 8.48. The van der Waals surface area contributed by atoms with Crippen LogP contribution >= 0.6 is 0 Å². The lowest BCUT2D eigenvalue weighted by Gasteiger charge is -2.22. The first-order valence-electron chi connectivity index (χ1n) is 11.6. The van der Waals surface area contributed by atoms with Crippen molar-refractivity contribution in [2.75, 3.05) is 16.4 Å². The fraction of sp³-hybridized carbons (Fsp3) is 0.0667. The Hall–Kier alpha value is -5.04. The molecule has 7 nitrogen and oxygen atoms in total. The van der Waals surface area contributed by atoms with Crippen molar-refractivity contribution < 1.29 is 23.9 Å². The van der Waals surface area contributed by atoms with Crippen molar-refractivity contribution >= 4 is 35.0 Å². The number of ether oxygens (including phenoxy) is 1. The fourth-order valence-electron chi connectivity index (χ4n) is 4.43. The van der Waals surface area contributed by atoms with Gasteiger partial charge in [-0.2, -0.15) is 0 Å². The Morgan fingerprint density at radius 3 is 1.30 bits per heavy atom. The minimum absolute atomic E-state index is 0.206. The van der Waals surface area contributed by atoms with Crippen LogP contribution in [0.25, 0.3) is 0 Å². The van der Waals surface area contributed by atoms with Crippen molar-refractivity contribution in [1.29, 1.82) is 0 Å². The molecule has 3 aromatic carbocycles. The van der Waals surface area contributed by atoms with Crippen molar-refractivity contribution in [2.24, 2.45) is 0 Å². The number of hydrogen-bond acceptors (Lipinski definition) is 5. The zero-order valence-electron chi connectivity index (χ0n) is 19.7. The first-order valence-corrected chi connectivity index (χ1v) is 11.6. The zero-order chi connectivity index (χ0) is 25.9. The molecule has 0 saturated heterocycles. The molecule has 0 saturated carbocycles. The Bertz CT molecular complexity index is 1330. The molecular weight excluding hydrogens is 468 g/mol. The van der Waals surface area contributed by atoms with Crippen molar-refractivity contribution in [3.8, 4) is 5.75 Å². The van der Waals surface area contributed by atoms with Gasteiger partial charge in [-0.25, -0.2) is 9.80 Å². The van der Waals surface area contributed by atoms with Crippen LogP contribution in [0.15, 0.2) is 110 Å². The Morgan fingerprint density at radius 1 is 0.595 bits per heavy atom. The first kappa shape index (κ1) is 23.7. The van der Waals surface area contributed by atoms with Crippen LogP contribution in [0.1, 0.15) is 22.6 Å². The van der Waals surface area contributed by atoms with Gasteiger partial charge in [0.1, 0.15) is 12.4 Å². The lowest BCUT2D eigenvalue weighted by Crippen LogP contribution is -2.29. The molecular formula is C30H22N2O5. The van der Waals surface area contributed by atoms with E-state index in [1.54, 1.807) is 30.3 Å². The smallest absolute Gasteiger partial charge is 0.258 e. The third-order valence-electron chi connectivity index (χ3n) is 6.17. The molecule has 0 spiro atoms. The van der Waals surface area contributed by atoms with E-state index in [1.807, 2.05) is 48.5 Å². The van der Waals surface area contributed by atoms with Gasteiger partial charge in [0, 0.05) is 30.2 Å². The number of rotatable bonds is 8. The number of hydrogen-bond donors (Lipinski definition) is 0. The Morgan fingerprint density at radius 2 is 0.946 bits per heavy atom. The minimum atomic E-state index is -0.375. The van der Waals surface area contributed by atoms with Crippen LogP contribution in [0.4, 0.5) is 11.4 Å². The summed E-state index contributed by atoms with van der Waals surface area (Å²) in [5, 5.41) is 0. The van der Waals surface area contributed by atoms with Gasteiger partial charge in [0.05, 0.1) is 11.4 Å². The van der Waals surface area contributed by atoms with Crippen LogP contribution in [-0.2, 0) is 19.2 Å². The monoisotopic (exact) mass is 490 g/mol. The SMILES string of the molecule is C=CCOc1ccc(C(c2ccc(N3C(=O)C=CC3=O)cc2)c2ccc(N3C(=O)C=CC3=O)cc2)cc1. The van der Waals surface area contributed by atoms with Gasteiger partial charge >= 0.3 is 0 Å². The van der Waals surface area contributed by atoms with Gasteiger partial charge in [0.15, 0.2) is 0 Å². The highest BCUT2D eigenvalue weighted by Crippen LogP contribution is 2.35. The molecule has 0 radical (unpaired) electrons. The van der Waals surface area contributed by atoms with Crippen LogP contribution in [0, 0.1) is 0 Å². The molecule has 0 atom stereocenters. The van der Waals surface area contributed by atoms with E-state index in [9.17, 15) is 19.2 Å². The topological polar surface area (TPSA) is 84.0 Å². The number of imide groups is 2. The van der Waals surface area contributed by atoms with E-state index in [1.165, 1.54) is 24.3 Å². The predicted octanol–water partition coefficient (Wildman–Crippen LogP) is 4.29. The summed E-state index contributed by atoms with van der Waals surface area (Å²) in [6, 6.07) is 22.2. The van der Waals surface area contributed by atoms with Gasteiger partial charge in [-0.15, -0.1) is 0 Å². The molecule has 0 N–H and O–H groups in total. The number of carbonyl (C=O) groups excluding carboxylic acids is 4. The zero-order valence-corrected chi connectivity index (χ0v) is 19.7. The average Bonchev–Trinajstić information content (AvgIpc) is 3.44. The van der Waals surface area contributed by atoms with Crippen molar-refractivity contribution in [2.45, 2.75) is 5.92 Å². The largest absolute Gasteiger partial charge is 0.490 e. The van der Waals surface area contributed by atoms with E-state index in [2.05, 4.69) is 6.58 Å². The van der Waals surface area contributed by atoms with E-state index < -0.39 is 0 Å². The summed E-state index contributed by atoms with van der Waals surface area (Å²) in [5.41, 5.74) is 3.82. The lowest BCUT2D eigenvalue weighted by atomic mass is 9.85. The molecule has 3 aromatic rings. The lowest BCUT2D eigenvalue weighted by molar-refractivity contribution is -0.121. The van der Waals surface area contributed by atoms with Gasteiger partial charge in [-0.3, -0.25) is 19.2 Å². The molecule has 7 heteroatoms. The summed E-state index contributed by atoms with van der Waals surface area (Å²) < 4.78 is 5.62. The number of amides is 4. The highest BCUT2D eigenvalue weighted by atomic mass is 16.5. The molecule has 2 aliphatic rings. The molecule has 0 aliphatic carbocycles. The second-order valence-electron chi connectivity index (χ2n) is 8.48. The predicted molar refractivity (Wildman–Crippen MR) is 139 cm³/mol. The summed E-state index contributed by atoms with van der Waals surface area (Å²) in [5.74, 6) is -0.991. The minimum Gasteiger partial charge on any atom is -0.490 e. The van der Waals surface area contributed by atoms with Crippen LogP contribution in [0.2, 0.25) is 0 Å². The van der Waals surface area contributed by atoms with Gasteiger partial charge in [-0.05, 0) is 53.1 Å². The quantitative estimate of drug-likeness (QED) is 0.267.